The Hall–Kier alpha value is -2.16. The lowest BCUT2D eigenvalue weighted by Crippen LogP contribution is -2.36. The smallest absolute Gasteiger partial charge is 0.348 e. The molecule has 0 unspecified atom stereocenters. The number of carbonyl (C=O) groups excluding carboxylic acids is 2. The van der Waals surface area contributed by atoms with Crippen molar-refractivity contribution in [2.24, 2.45) is 0 Å². The Balaban J connectivity index is 2.45. The lowest BCUT2D eigenvalue weighted by atomic mass is 10.3. The molecule has 1 aromatic rings. The molecule has 1 rings (SSSR count). The van der Waals surface area contributed by atoms with Gasteiger partial charge in [0.25, 0.3) is 0 Å². The number of carbonyl (C=O) groups is 2. The molecule has 0 fully saturated rings. The van der Waals surface area contributed by atoms with Gasteiger partial charge in [-0.25, -0.2) is 4.98 Å². The number of nitrogens with one attached hydrogen (secondary N) is 2. The molecule has 0 atom stereocenters. The summed E-state index contributed by atoms with van der Waals surface area (Å²) in [6.45, 7) is 1.08. The van der Waals surface area contributed by atoms with Crippen LogP contribution < -0.4 is 10.6 Å². The van der Waals surface area contributed by atoms with Gasteiger partial charge in [-0.2, -0.15) is 13.2 Å². The maximum Gasteiger partial charge on any atom is 0.433 e. The van der Waals surface area contributed by atoms with Crippen LogP contribution in [0.4, 0.5) is 18.9 Å². The van der Waals surface area contributed by atoms with Crippen molar-refractivity contribution in [3.63, 3.8) is 0 Å². The van der Waals surface area contributed by atoms with Crippen LogP contribution in [-0.4, -0.2) is 48.9 Å². The molecule has 0 aliphatic rings. The predicted octanol–water partition coefficient (Wildman–Crippen LogP) is 1.11. The van der Waals surface area contributed by atoms with Gasteiger partial charge in [-0.3, -0.25) is 9.59 Å². The molecule has 2 N–H and O–H groups in total. The first-order valence-electron chi connectivity index (χ1n) is 6.47. The van der Waals surface area contributed by atoms with Crippen LogP contribution in [0.5, 0.6) is 0 Å². The first-order valence-corrected chi connectivity index (χ1v) is 6.47. The van der Waals surface area contributed by atoms with E-state index >= 15 is 0 Å². The van der Waals surface area contributed by atoms with E-state index in [1.54, 1.807) is 0 Å². The van der Waals surface area contributed by atoms with Gasteiger partial charge in [0, 0.05) is 6.54 Å². The summed E-state index contributed by atoms with van der Waals surface area (Å²) >= 11 is 0. The number of amides is 2. The fourth-order valence-electron chi connectivity index (χ4n) is 1.50. The lowest BCUT2D eigenvalue weighted by molar-refractivity contribution is -0.141. The minimum atomic E-state index is -4.55. The van der Waals surface area contributed by atoms with Crippen LogP contribution in [0.2, 0.25) is 0 Å². The van der Waals surface area contributed by atoms with Gasteiger partial charge >= 0.3 is 18.0 Å². The molecule has 9 heteroatoms. The van der Waals surface area contributed by atoms with E-state index in [4.69, 9.17) is 0 Å². The Morgan fingerprint density at radius 2 is 1.91 bits per heavy atom. The van der Waals surface area contributed by atoms with Gasteiger partial charge in [0.05, 0.1) is 11.9 Å². The van der Waals surface area contributed by atoms with Crippen LogP contribution in [-0.2, 0) is 15.8 Å². The SMILES string of the molecule is CN(C)CCCNC(=O)C(=O)Nc1ccc(C(F)(F)F)nc1. The molecule has 0 aliphatic heterocycles. The summed E-state index contributed by atoms with van der Waals surface area (Å²) in [5, 5.41) is 4.59. The maximum absolute atomic E-state index is 12.3. The summed E-state index contributed by atoms with van der Waals surface area (Å²) < 4.78 is 37.0. The number of nitrogens with zero attached hydrogens (tertiary/aromatic N) is 2. The number of anilines is 1. The third-order valence-corrected chi connectivity index (χ3v) is 2.59. The molecule has 0 saturated heterocycles. The van der Waals surface area contributed by atoms with Crippen molar-refractivity contribution in [3.05, 3.63) is 24.0 Å². The zero-order valence-corrected chi connectivity index (χ0v) is 12.2. The maximum atomic E-state index is 12.3. The zero-order valence-electron chi connectivity index (χ0n) is 12.2. The standard InChI is InChI=1S/C13H17F3N4O2/c1-20(2)7-3-6-17-11(21)12(22)19-9-4-5-10(18-8-9)13(14,15)16/h4-5,8H,3,6-7H2,1-2H3,(H,17,21)(H,19,22). The Morgan fingerprint density at radius 1 is 1.23 bits per heavy atom. The summed E-state index contributed by atoms with van der Waals surface area (Å²) in [6, 6.07) is 1.76. The van der Waals surface area contributed by atoms with Crippen molar-refractivity contribution in [3.8, 4) is 0 Å². The third-order valence-electron chi connectivity index (χ3n) is 2.59. The molecule has 22 heavy (non-hydrogen) atoms. The zero-order chi connectivity index (χ0) is 16.8. The molecular formula is C13H17F3N4O2. The average Bonchev–Trinajstić information content (AvgIpc) is 2.42. The number of hydrogen-bond acceptors (Lipinski definition) is 4. The Bertz CT molecular complexity index is 515. The van der Waals surface area contributed by atoms with Gasteiger partial charge in [-0.15, -0.1) is 0 Å². The van der Waals surface area contributed by atoms with E-state index < -0.39 is 23.7 Å². The van der Waals surface area contributed by atoms with Crippen molar-refractivity contribution in [2.45, 2.75) is 12.6 Å². The lowest BCUT2D eigenvalue weighted by Gasteiger charge is -2.10. The highest BCUT2D eigenvalue weighted by molar-refractivity contribution is 6.39. The van der Waals surface area contributed by atoms with Crippen LogP contribution in [0.25, 0.3) is 0 Å². The number of pyridine rings is 1. The van der Waals surface area contributed by atoms with Gasteiger partial charge in [0.15, 0.2) is 0 Å². The fourth-order valence-corrected chi connectivity index (χ4v) is 1.50. The van der Waals surface area contributed by atoms with Crippen LogP contribution in [0, 0.1) is 0 Å². The molecule has 0 radical (unpaired) electrons. The Kier molecular flexibility index (Phi) is 6.29. The van der Waals surface area contributed by atoms with Crippen LogP contribution >= 0.6 is 0 Å². The number of alkyl halides is 3. The predicted molar refractivity (Wildman–Crippen MR) is 74.0 cm³/mol. The van der Waals surface area contributed by atoms with E-state index in [2.05, 4.69) is 15.6 Å². The highest BCUT2D eigenvalue weighted by Crippen LogP contribution is 2.27. The fraction of sp³-hybridized carbons (Fsp3) is 0.462. The molecule has 1 aromatic heterocycles. The molecule has 0 aliphatic carbocycles. The summed E-state index contributed by atoms with van der Waals surface area (Å²) in [4.78, 5) is 28.1. The summed E-state index contributed by atoms with van der Waals surface area (Å²) in [7, 11) is 3.76. The average molecular weight is 318 g/mol. The van der Waals surface area contributed by atoms with Crippen LogP contribution in [0.1, 0.15) is 12.1 Å². The van der Waals surface area contributed by atoms with Crippen molar-refractivity contribution >= 4 is 17.5 Å². The third kappa shape index (κ3) is 6.08. The molecular weight excluding hydrogens is 301 g/mol. The molecule has 1 heterocycles. The van der Waals surface area contributed by atoms with E-state index in [0.717, 1.165) is 24.9 Å². The molecule has 122 valence electrons. The Morgan fingerprint density at radius 3 is 2.41 bits per heavy atom. The number of hydrogen-bond donors (Lipinski definition) is 2. The van der Waals surface area contributed by atoms with Crippen molar-refractivity contribution in [1.82, 2.24) is 15.2 Å². The summed E-state index contributed by atoms with van der Waals surface area (Å²) in [6.07, 6.45) is -3.03. The number of rotatable bonds is 5. The van der Waals surface area contributed by atoms with Crippen molar-refractivity contribution in [1.29, 1.82) is 0 Å². The molecule has 0 saturated carbocycles. The van der Waals surface area contributed by atoms with E-state index in [-0.39, 0.29) is 5.69 Å². The van der Waals surface area contributed by atoms with E-state index in [1.165, 1.54) is 0 Å². The van der Waals surface area contributed by atoms with Crippen molar-refractivity contribution in [2.75, 3.05) is 32.5 Å². The highest BCUT2D eigenvalue weighted by Gasteiger charge is 2.32. The molecule has 2 amide bonds. The van der Waals surface area contributed by atoms with Crippen LogP contribution in [0.3, 0.4) is 0 Å². The van der Waals surface area contributed by atoms with Crippen molar-refractivity contribution < 1.29 is 22.8 Å². The molecule has 0 spiro atoms. The van der Waals surface area contributed by atoms with Gasteiger partial charge in [0.2, 0.25) is 0 Å². The highest BCUT2D eigenvalue weighted by atomic mass is 19.4. The molecule has 6 nitrogen and oxygen atoms in total. The largest absolute Gasteiger partial charge is 0.433 e. The van der Waals surface area contributed by atoms with E-state index in [0.29, 0.717) is 13.0 Å². The van der Waals surface area contributed by atoms with Gasteiger partial charge in [0.1, 0.15) is 5.69 Å². The number of aromatic nitrogens is 1. The molecule has 0 bridgehead atoms. The summed E-state index contributed by atoms with van der Waals surface area (Å²) in [5.41, 5.74) is -1.06. The second kappa shape index (κ2) is 7.74. The van der Waals surface area contributed by atoms with Gasteiger partial charge < -0.3 is 15.5 Å². The minimum Gasteiger partial charge on any atom is -0.348 e. The van der Waals surface area contributed by atoms with Crippen LogP contribution in [0.15, 0.2) is 18.3 Å². The molecule has 0 aromatic carbocycles. The summed E-state index contributed by atoms with van der Waals surface area (Å²) in [5.74, 6) is -1.80. The second-order valence-electron chi connectivity index (χ2n) is 4.80. The first kappa shape index (κ1) is 17.9. The monoisotopic (exact) mass is 318 g/mol. The Labute approximate surface area is 125 Å². The van der Waals surface area contributed by atoms with Gasteiger partial charge in [-0.05, 0) is 39.2 Å². The quantitative estimate of drug-likeness (QED) is 0.630. The minimum absolute atomic E-state index is 0.0152. The second-order valence-corrected chi connectivity index (χ2v) is 4.80. The van der Waals surface area contributed by atoms with E-state index in [9.17, 15) is 22.8 Å². The van der Waals surface area contributed by atoms with Gasteiger partial charge in [-0.1, -0.05) is 0 Å². The first-order chi connectivity index (χ1) is 10.2. The normalized spacial score (nSPS) is 11.4. The topological polar surface area (TPSA) is 74.3 Å². The van der Waals surface area contributed by atoms with E-state index in [1.807, 2.05) is 19.0 Å². The number of halogens is 3.